The van der Waals surface area contributed by atoms with Crippen LogP contribution in [0.15, 0.2) is 24.3 Å². The minimum absolute atomic E-state index is 0.165. The van der Waals surface area contributed by atoms with E-state index in [4.69, 9.17) is 10.2 Å². The van der Waals surface area contributed by atoms with Crippen LogP contribution >= 0.6 is 0 Å². The third-order valence-electron chi connectivity index (χ3n) is 2.26. The lowest BCUT2D eigenvalue weighted by molar-refractivity contribution is -0.139. The van der Waals surface area contributed by atoms with Crippen molar-refractivity contribution >= 4 is 11.9 Å². The van der Waals surface area contributed by atoms with Crippen molar-refractivity contribution in [2.45, 2.75) is 12.5 Å². The van der Waals surface area contributed by atoms with Crippen molar-refractivity contribution in [2.24, 2.45) is 0 Å². The van der Waals surface area contributed by atoms with Gasteiger partial charge in [0.15, 0.2) is 0 Å². The molecule has 0 saturated heterocycles. The van der Waals surface area contributed by atoms with E-state index in [9.17, 15) is 9.59 Å². The number of hydrogen-bond acceptors (Lipinski definition) is 3. The molecule has 16 heavy (non-hydrogen) atoms. The number of likely N-dealkylation sites (N-methyl/N-ethyl adjacent to an activating group) is 1. The standard InChI is InChI=1S/C11H13NO4/c1-12-9(11(15)16)6-7-3-2-4-8(5-7)10(13)14/h2-5,9,12H,6H2,1H3,(H,13,14)(H,15,16)/t9-/m1/s1. The Bertz CT molecular complexity index is 403. The van der Waals surface area contributed by atoms with Crippen molar-refractivity contribution in [3.8, 4) is 0 Å². The van der Waals surface area contributed by atoms with Crippen molar-refractivity contribution in [3.63, 3.8) is 0 Å². The van der Waals surface area contributed by atoms with Gasteiger partial charge in [-0.25, -0.2) is 4.79 Å². The summed E-state index contributed by atoms with van der Waals surface area (Å²) in [5.41, 5.74) is 0.847. The number of aliphatic carboxylic acids is 1. The van der Waals surface area contributed by atoms with Gasteiger partial charge in [-0.3, -0.25) is 4.79 Å². The predicted molar refractivity (Wildman–Crippen MR) is 57.6 cm³/mol. The lowest BCUT2D eigenvalue weighted by Gasteiger charge is -2.11. The van der Waals surface area contributed by atoms with Crippen molar-refractivity contribution in [2.75, 3.05) is 7.05 Å². The quantitative estimate of drug-likeness (QED) is 0.680. The molecule has 0 unspecified atom stereocenters. The second kappa shape index (κ2) is 5.27. The highest BCUT2D eigenvalue weighted by Gasteiger charge is 2.15. The number of hydrogen-bond donors (Lipinski definition) is 3. The Morgan fingerprint density at radius 3 is 2.56 bits per heavy atom. The van der Waals surface area contributed by atoms with Crippen LogP contribution in [-0.2, 0) is 11.2 Å². The van der Waals surface area contributed by atoms with E-state index in [1.54, 1.807) is 19.2 Å². The van der Waals surface area contributed by atoms with Crippen LogP contribution in [0, 0.1) is 0 Å². The third-order valence-corrected chi connectivity index (χ3v) is 2.26. The van der Waals surface area contributed by atoms with Gasteiger partial charge in [-0.2, -0.15) is 0 Å². The second-order valence-electron chi connectivity index (χ2n) is 3.39. The Morgan fingerprint density at radius 2 is 2.06 bits per heavy atom. The molecule has 0 fully saturated rings. The van der Waals surface area contributed by atoms with E-state index in [0.29, 0.717) is 5.56 Å². The molecule has 1 aromatic rings. The summed E-state index contributed by atoms with van der Waals surface area (Å²) in [6, 6.07) is 5.56. The molecule has 0 amide bonds. The molecule has 0 aliphatic carbocycles. The van der Waals surface area contributed by atoms with Crippen LogP contribution in [0.1, 0.15) is 15.9 Å². The molecule has 0 spiro atoms. The van der Waals surface area contributed by atoms with Gasteiger partial charge < -0.3 is 15.5 Å². The number of nitrogens with one attached hydrogen (secondary N) is 1. The minimum atomic E-state index is -1.02. The van der Waals surface area contributed by atoms with Gasteiger partial charge in [-0.15, -0.1) is 0 Å². The van der Waals surface area contributed by atoms with E-state index in [2.05, 4.69) is 5.32 Å². The summed E-state index contributed by atoms with van der Waals surface area (Å²) >= 11 is 0. The van der Waals surface area contributed by atoms with Gasteiger partial charge in [0.2, 0.25) is 0 Å². The average molecular weight is 223 g/mol. The molecule has 1 aromatic carbocycles. The van der Waals surface area contributed by atoms with Crippen LogP contribution < -0.4 is 5.32 Å². The van der Waals surface area contributed by atoms with Gasteiger partial charge in [0.25, 0.3) is 0 Å². The van der Waals surface area contributed by atoms with Crippen LogP contribution in [0.2, 0.25) is 0 Å². The summed E-state index contributed by atoms with van der Waals surface area (Å²) in [4.78, 5) is 21.5. The van der Waals surface area contributed by atoms with E-state index in [1.165, 1.54) is 12.1 Å². The fraction of sp³-hybridized carbons (Fsp3) is 0.273. The first-order chi connectivity index (χ1) is 7.54. The molecule has 0 aliphatic heterocycles. The second-order valence-corrected chi connectivity index (χ2v) is 3.39. The van der Waals surface area contributed by atoms with Crippen LogP contribution in [-0.4, -0.2) is 35.2 Å². The van der Waals surface area contributed by atoms with Crippen LogP contribution in [0.5, 0.6) is 0 Å². The summed E-state index contributed by atoms with van der Waals surface area (Å²) in [6.45, 7) is 0. The van der Waals surface area contributed by atoms with E-state index >= 15 is 0 Å². The molecule has 1 rings (SSSR count). The smallest absolute Gasteiger partial charge is 0.335 e. The summed E-state index contributed by atoms with van der Waals surface area (Å²) in [5.74, 6) is -1.97. The van der Waals surface area contributed by atoms with Gasteiger partial charge in [0.1, 0.15) is 6.04 Å². The molecule has 0 aliphatic rings. The molecule has 5 nitrogen and oxygen atoms in total. The first-order valence-corrected chi connectivity index (χ1v) is 4.77. The van der Waals surface area contributed by atoms with Crippen LogP contribution in [0.4, 0.5) is 0 Å². The number of rotatable bonds is 5. The van der Waals surface area contributed by atoms with Crippen LogP contribution in [0.3, 0.4) is 0 Å². The first kappa shape index (κ1) is 12.2. The van der Waals surface area contributed by atoms with Gasteiger partial charge >= 0.3 is 11.9 Å². The lowest BCUT2D eigenvalue weighted by atomic mass is 10.0. The molecule has 0 saturated carbocycles. The molecular formula is C11H13NO4. The van der Waals surface area contributed by atoms with Crippen molar-refractivity contribution in [1.29, 1.82) is 0 Å². The fourth-order valence-corrected chi connectivity index (χ4v) is 1.38. The van der Waals surface area contributed by atoms with Crippen LogP contribution in [0.25, 0.3) is 0 Å². The monoisotopic (exact) mass is 223 g/mol. The molecule has 0 radical (unpaired) electrons. The molecule has 3 N–H and O–H groups in total. The zero-order valence-electron chi connectivity index (χ0n) is 8.80. The normalized spacial score (nSPS) is 12.1. The third kappa shape index (κ3) is 3.06. The summed E-state index contributed by atoms with van der Waals surface area (Å²) < 4.78 is 0. The summed E-state index contributed by atoms with van der Waals surface area (Å²) in [5, 5.41) is 20.3. The first-order valence-electron chi connectivity index (χ1n) is 4.77. The molecule has 0 heterocycles. The number of benzene rings is 1. The van der Waals surface area contributed by atoms with E-state index in [-0.39, 0.29) is 12.0 Å². The SMILES string of the molecule is CN[C@H](Cc1cccc(C(=O)O)c1)C(=O)O. The van der Waals surface area contributed by atoms with Gasteiger partial charge in [-0.05, 0) is 31.2 Å². The zero-order valence-corrected chi connectivity index (χ0v) is 8.80. The molecule has 86 valence electrons. The van der Waals surface area contributed by atoms with Crippen molar-refractivity contribution < 1.29 is 19.8 Å². The van der Waals surface area contributed by atoms with Gasteiger partial charge in [0, 0.05) is 0 Å². The van der Waals surface area contributed by atoms with E-state index in [0.717, 1.165) is 0 Å². The molecule has 1 atom stereocenters. The minimum Gasteiger partial charge on any atom is -0.480 e. The maximum atomic E-state index is 10.8. The highest BCUT2D eigenvalue weighted by atomic mass is 16.4. The predicted octanol–water partition coefficient (Wildman–Crippen LogP) is 0.600. The number of carboxylic acids is 2. The molecule has 0 aromatic heterocycles. The number of carbonyl (C=O) groups is 2. The molecular weight excluding hydrogens is 210 g/mol. The van der Waals surface area contributed by atoms with Crippen molar-refractivity contribution in [1.82, 2.24) is 5.32 Å². The Labute approximate surface area is 92.7 Å². The van der Waals surface area contributed by atoms with Gasteiger partial charge in [-0.1, -0.05) is 12.1 Å². The van der Waals surface area contributed by atoms with E-state index < -0.39 is 18.0 Å². The zero-order chi connectivity index (χ0) is 12.1. The highest BCUT2D eigenvalue weighted by Crippen LogP contribution is 2.08. The fourth-order valence-electron chi connectivity index (χ4n) is 1.38. The number of aromatic carboxylic acids is 1. The Balaban J connectivity index is 2.84. The molecule has 5 heteroatoms. The van der Waals surface area contributed by atoms with Crippen molar-refractivity contribution in [3.05, 3.63) is 35.4 Å². The van der Waals surface area contributed by atoms with Gasteiger partial charge in [0.05, 0.1) is 5.56 Å². The summed E-state index contributed by atoms with van der Waals surface area (Å²) in [7, 11) is 1.56. The maximum Gasteiger partial charge on any atom is 0.335 e. The van der Waals surface area contributed by atoms with E-state index in [1.807, 2.05) is 0 Å². The average Bonchev–Trinajstić information content (AvgIpc) is 2.25. The Kier molecular flexibility index (Phi) is 4.02. The Morgan fingerprint density at radius 1 is 1.38 bits per heavy atom. The Hall–Kier alpha value is -1.88. The lowest BCUT2D eigenvalue weighted by Crippen LogP contribution is -2.35. The molecule has 0 bridgehead atoms. The largest absolute Gasteiger partial charge is 0.480 e. The maximum absolute atomic E-state index is 10.8. The number of carboxylic acid groups (broad SMARTS) is 2. The highest BCUT2D eigenvalue weighted by molar-refractivity contribution is 5.87. The topological polar surface area (TPSA) is 86.6 Å². The summed E-state index contributed by atoms with van der Waals surface area (Å²) in [6.07, 6.45) is 0.257.